The highest BCUT2D eigenvalue weighted by atomic mass is 32.1. The van der Waals surface area contributed by atoms with Gasteiger partial charge in [0.25, 0.3) is 0 Å². The number of aryl methyl sites for hydroxylation is 2. The molecule has 0 aliphatic heterocycles. The van der Waals surface area contributed by atoms with Crippen molar-refractivity contribution in [3.63, 3.8) is 0 Å². The van der Waals surface area contributed by atoms with Gasteiger partial charge in [-0.3, -0.25) is 0 Å². The molecular formula is C15H15N3S. The minimum absolute atomic E-state index is 0.605. The molecule has 0 spiro atoms. The highest BCUT2D eigenvalue weighted by Gasteiger charge is 2.04. The van der Waals surface area contributed by atoms with Crippen molar-refractivity contribution < 1.29 is 0 Å². The normalized spacial score (nSPS) is 11.7. The fourth-order valence-corrected chi connectivity index (χ4v) is 2.74. The molecule has 0 saturated carbocycles. The Morgan fingerprint density at radius 1 is 1.32 bits per heavy atom. The third-order valence-electron chi connectivity index (χ3n) is 3.15. The third-order valence-corrected chi connectivity index (χ3v) is 3.84. The highest BCUT2D eigenvalue weighted by molar-refractivity contribution is 7.13. The molecule has 0 aliphatic carbocycles. The van der Waals surface area contributed by atoms with Crippen molar-refractivity contribution in [2.45, 2.75) is 6.92 Å². The molecule has 0 saturated heterocycles. The minimum atomic E-state index is 0.605. The predicted octanol–water partition coefficient (Wildman–Crippen LogP) is 3.70. The van der Waals surface area contributed by atoms with Crippen LogP contribution in [0.3, 0.4) is 0 Å². The largest absolute Gasteiger partial charge is 0.375 e. The first-order valence-electron chi connectivity index (χ1n) is 6.08. The van der Waals surface area contributed by atoms with Crippen molar-refractivity contribution >= 4 is 39.5 Å². The van der Waals surface area contributed by atoms with Crippen molar-refractivity contribution in [3.8, 4) is 0 Å². The van der Waals surface area contributed by atoms with Gasteiger partial charge < -0.3 is 10.3 Å². The van der Waals surface area contributed by atoms with Crippen LogP contribution < -0.4 is 5.73 Å². The van der Waals surface area contributed by atoms with Gasteiger partial charge in [0.05, 0.1) is 5.69 Å². The van der Waals surface area contributed by atoms with Crippen LogP contribution in [0.15, 0.2) is 29.8 Å². The molecular weight excluding hydrogens is 254 g/mol. The number of hydrogen-bond donors (Lipinski definition) is 1. The number of anilines is 1. The molecule has 0 unspecified atom stereocenters. The summed E-state index contributed by atoms with van der Waals surface area (Å²) in [7, 11) is 2.07. The summed E-state index contributed by atoms with van der Waals surface area (Å²) < 4.78 is 2.15. The van der Waals surface area contributed by atoms with Gasteiger partial charge in [-0.2, -0.15) is 0 Å². The van der Waals surface area contributed by atoms with Gasteiger partial charge in [-0.25, -0.2) is 4.98 Å². The molecule has 2 N–H and O–H groups in total. The summed E-state index contributed by atoms with van der Waals surface area (Å²) >= 11 is 1.46. The van der Waals surface area contributed by atoms with E-state index in [0.29, 0.717) is 5.13 Å². The maximum Gasteiger partial charge on any atom is 0.180 e. The van der Waals surface area contributed by atoms with E-state index < -0.39 is 0 Å². The van der Waals surface area contributed by atoms with E-state index in [1.165, 1.54) is 33.4 Å². The van der Waals surface area contributed by atoms with Gasteiger partial charge in [-0.05, 0) is 24.6 Å². The summed E-state index contributed by atoms with van der Waals surface area (Å²) in [5, 5.41) is 3.82. The van der Waals surface area contributed by atoms with Crippen LogP contribution in [0.5, 0.6) is 0 Å². The molecule has 3 rings (SSSR count). The Morgan fingerprint density at radius 2 is 2.16 bits per heavy atom. The van der Waals surface area contributed by atoms with E-state index >= 15 is 0 Å². The first-order valence-corrected chi connectivity index (χ1v) is 6.96. The van der Waals surface area contributed by atoms with Crippen molar-refractivity contribution in [1.29, 1.82) is 0 Å². The Hall–Kier alpha value is -2.07. The summed E-state index contributed by atoms with van der Waals surface area (Å²) in [5.74, 6) is 0. The molecule has 0 atom stereocenters. The maximum absolute atomic E-state index is 5.63. The quantitative estimate of drug-likeness (QED) is 0.771. The number of fused-ring (bicyclic) bond motifs is 1. The lowest BCUT2D eigenvalue weighted by atomic mass is 10.1. The molecule has 0 aliphatic rings. The number of hydrogen-bond acceptors (Lipinski definition) is 3. The van der Waals surface area contributed by atoms with Gasteiger partial charge in [-0.1, -0.05) is 18.2 Å². The number of nitrogen functional groups attached to an aromatic ring is 1. The molecule has 19 heavy (non-hydrogen) atoms. The standard InChI is InChI=1S/C15H15N3S/c1-10-3-6-13-11(8-18(2)14(13)7-10)4-5-12-9-19-15(16)17-12/h3-9H,1-2H3,(H2,16,17)/b5-4+. The van der Waals surface area contributed by atoms with E-state index in [1.54, 1.807) is 0 Å². The number of benzene rings is 1. The molecule has 3 aromatic rings. The maximum atomic E-state index is 5.63. The molecule has 0 fully saturated rings. The smallest absolute Gasteiger partial charge is 0.180 e. The van der Waals surface area contributed by atoms with Gasteiger partial charge in [0, 0.05) is 35.1 Å². The van der Waals surface area contributed by atoms with Crippen LogP contribution in [0.2, 0.25) is 0 Å². The van der Waals surface area contributed by atoms with E-state index in [1.807, 2.05) is 11.5 Å². The Balaban J connectivity index is 2.04. The van der Waals surface area contributed by atoms with E-state index in [0.717, 1.165) is 5.69 Å². The van der Waals surface area contributed by atoms with Gasteiger partial charge in [-0.15, -0.1) is 11.3 Å². The summed E-state index contributed by atoms with van der Waals surface area (Å²) in [4.78, 5) is 4.23. The molecule has 4 heteroatoms. The fourth-order valence-electron chi connectivity index (χ4n) is 2.21. The Bertz CT molecular complexity index is 765. The summed E-state index contributed by atoms with van der Waals surface area (Å²) in [5.41, 5.74) is 10.3. The Labute approximate surface area is 116 Å². The van der Waals surface area contributed by atoms with Crippen LogP contribution in [0, 0.1) is 6.92 Å². The van der Waals surface area contributed by atoms with Gasteiger partial charge >= 0.3 is 0 Å². The molecule has 2 aromatic heterocycles. The summed E-state index contributed by atoms with van der Waals surface area (Å²) in [6.45, 7) is 2.11. The lowest BCUT2D eigenvalue weighted by molar-refractivity contribution is 0.967. The van der Waals surface area contributed by atoms with Crippen LogP contribution in [0.1, 0.15) is 16.8 Å². The predicted molar refractivity (Wildman–Crippen MR) is 83.1 cm³/mol. The van der Waals surface area contributed by atoms with E-state index in [-0.39, 0.29) is 0 Å². The van der Waals surface area contributed by atoms with E-state index in [4.69, 9.17) is 5.73 Å². The van der Waals surface area contributed by atoms with Crippen LogP contribution in [0.25, 0.3) is 23.1 Å². The molecule has 3 nitrogen and oxygen atoms in total. The van der Waals surface area contributed by atoms with E-state index in [9.17, 15) is 0 Å². The van der Waals surface area contributed by atoms with Crippen molar-refractivity contribution in [1.82, 2.24) is 9.55 Å². The van der Waals surface area contributed by atoms with Gasteiger partial charge in [0.1, 0.15) is 0 Å². The third kappa shape index (κ3) is 2.27. The second-order valence-corrected chi connectivity index (χ2v) is 5.55. The lowest BCUT2D eigenvalue weighted by Gasteiger charge is -1.97. The minimum Gasteiger partial charge on any atom is -0.375 e. The van der Waals surface area contributed by atoms with Crippen LogP contribution in [-0.2, 0) is 7.05 Å². The molecule has 0 amide bonds. The zero-order valence-corrected chi connectivity index (χ0v) is 11.7. The molecule has 96 valence electrons. The van der Waals surface area contributed by atoms with Crippen LogP contribution in [-0.4, -0.2) is 9.55 Å². The number of nitrogens with zero attached hydrogens (tertiary/aromatic N) is 2. The van der Waals surface area contributed by atoms with Crippen LogP contribution >= 0.6 is 11.3 Å². The summed E-state index contributed by atoms with van der Waals surface area (Å²) in [6, 6.07) is 6.51. The van der Waals surface area contributed by atoms with Gasteiger partial charge in [0.15, 0.2) is 5.13 Å². The fraction of sp³-hybridized carbons (Fsp3) is 0.133. The summed E-state index contributed by atoms with van der Waals surface area (Å²) in [6.07, 6.45) is 6.23. The first kappa shape index (κ1) is 12.0. The number of nitrogens with two attached hydrogens (primary N) is 1. The Kier molecular flexibility index (Phi) is 2.87. The van der Waals surface area contributed by atoms with Crippen molar-refractivity contribution in [2.75, 3.05) is 5.73 Å². The average molecular weight is 269 g/mol. The molecule has 1 aromatic carbocycles. The lowest BCUT2D eigenvalue weighted by Crippen LogP contribution is -1.83. The zero-order chi connectivity index (χ0) is 13.4. The van der Waals surface area contributed by atoms with E-state index in [2.05, 4.69) is 54.0 Å². The zero-order valence-electron chi connectivity index (χ0n) is 10.9. The monoisotopic (exact) mass is 269 g/mol. The first-order chi connectivity index (χ1) is 9.13. The molecule has 0 bridgehead atoms. The molecule has 2 heterocycles. The topological polar surface area (TPSA) is 43.8 Å². The number of thiazole rings is 1. The van der Waals surface area contributed by atoms with Crippen molar-refractivity contribution in [3.05, 3.63) is 46.6 Å². The van der Waals surface area contributed by atoms with Gasteiger partial charge in [0.2, 0.25) is 0 Å². The second kappa shape index (κ2) is 4.55. The molecule has 0 radical (unpaired) electrons. The average Bonchev–Trinajstić information content (AvgIpc) is 2.92. The second-order valence-electron chi connectivity index (χ2n) is 4.66. The number of aromatic nitrogens is 2. The van der Waals surface area contributed by atoms with Crippen LogP contribution in [0.4, 0.5) is 5.13 Å². The highest BCUT2D eigenvalue weighted by Crippen LogP contribution is 2.24. The number of rotatable bonds is 2. The SMILES string of the molecule is Cc1ccc2c(/C=C/c3csc(N)n3)cn(C)c2c1. The Morgan fingerprint density at radius 3 is 2.89 bits per heavy atom. The van der Waals surface area contributed by atoms with Crippen molar-refractivity contribution in [2.24, 2.45) is 7.05 Å².